The van der Waals surface area contributed by atoms with E-state index in [4.69, 9.17) is 0 Å². The Morgan fingerprint density at radius 2 is 1.55 bits per heavy atom. The van der Waals surface area contributed by atoms with Gasteiger partial charge in [-0.15, -0.1) is 0 Å². The molecule has 2 aromatic carbocycles. The first kappa shape index (κ1) is 20.7. The summed E-state index contributed by atoms with van der Waals surface area (Å²) in [6, 6.07) is 17.7. The fourth-order valence-corrected chi connectivity index (χ4v) is 3.81. The van der Waals surface area contributed by atoms with E-state index in [-0.39, 0.29) is 17.6 Å². The van der Waals surface area contributed by atoms with Crippen LogP contribution in [0.15, 0.2) is 60.7 Å². The molecule has 2 N–H and O–H groups in total. The van der Waals surface area contributed by atoms with Crippen LogP contribution in [0.1, 0.15) is 41.7 Å². The zero-order chi connectivity index (χ0) is 20.6. The van der Waals surface area contributed by atoms with Crippen LogP contribution in [-0.2, 0) is 4.79 Å². The Hall–Kier alpha value is -2.99. The Kier molecular flexibility index (Phi) is 7.14. The van der Waals surface area contributed by atoms with Crippen molar-refractivity contribution in [1.82, 2.24) is 15.5 Å². The quantitative estimate of drug-likeness (QED) is 0.739. The van der Waals surface area contributed by atoms with Gasteiger partial charge in [0.2, 0.25) is 5.91 Å². The lowest BCUT2D eigenvalue weighted by Crippen LogP contribution is -2.48. The summed E-state index contributed by atoms with van der Waals surface area (Å²) < 4.78 is 0. The SMILES string of the molecule is CCNC(=O)NC(=O)C(c1ccccc1)N1CCC(C(=O)c2ccccc2)CC1. The minimum Gasteiger partial charge on any atom is -0.338 e. The van der Waals surface area contributed by atoms with Gasteiger partial charge in [0.25, 0.3) is 0 Å². The number of ketones is 1. The van der Waals surface area contributed by atoms with Crippen LogP contribution in [0.5, 0.6) is 0 Å². The summed E-state index contributed by atoms with van der Waals surface area (Å²) in [5.74, 6) is -0.236. The zero-order valence-electron chi connectivity index (χ0n) is 16.6. The van der Waals surface area contributed by atoms with Gasteiger partial charge in [-0.2, -0.15) is 0 Å². The van der Waals surface area contributed by atoms with Crippen LogP contribution in [0.3, 0.4) is 0 Å². The normalized spacial score (nSPS) is 16.0. The summed E-state index contributed by atoms with van der Waals surface area (Å²) >= 11 is 0. The van der Waals surface area contributed by atoms with Crippen LogP contribution in [0.4, 0.5) is 4.79 Å². The molecule has 29 heavy (non-hydrogen) atoms. The van der Waals surface area contributed by atoms with Crippen molar-refractivity contribution >= 4 is 17.7 Å². The number of piperidine rings is 1. The van der Waals surface area contributed by atoms with Gasteiger partial charge in [-0.05, 0) is 38.4 Å². The number of Topliss-reactive ketones (excluding diaryl/α,β-unsaturated/α-hetero) is 1. The van der Waals surface area contributed by atoms with E-state index in [1.807, 2.05) is 60.7 Å². The molecule has 1 saturated heterocycles. The van der Waals surface area contributed by atoms with E-state index in [0.29, 0.717) is 32.5 Å². The van der Waals surface area contributed by atoms with E-state index < -0.39 is 12.1 Å². The Morgan fingerprint density at radius 3 is 2.14 bits per heavy atom. The number of urea groups is 1. The molecule has 1 unspecified atom stereocenters. The highest BCUT2D eigenvalue weighted by Gasteiger charge is 2.33. The third-order valence-electron chi connectivity index (χ3n) is 5.26. The number of likely N-dealkylation sites (tertiary alicyclic amines) is 1. The second-order valence-electron chi connectivity index (χ2n) is 7.20. The molecule has 3 rings (SSSR count). The highest BCUT2D eigenvalue weighted by atomic mass is 16.2. The summed E-state index contributed by atoms with van der Waals surface area (Å²) in [6.07, 6.45) is 1.37. The van der Waals surface area contributed by atoms with Crippen molar-refractivity contribution in [2.75, 3.05) is 19.6 Å². The molecule has 3 amide bonds. The van der Waals surface area contributed by atoms with Gasteiger partial charge < -0.3 is 5.32 Å². The summed E-state index contributed by atoms with van der Waals surface area (Å²) in [7, 11) is 0. The molecule has 0 radical (unpaired) electrons. The molecular formula is C23H27N3O3. The van der Waals surface area contributed by atoms with Gasteiger partial charge >= 0.3 is 6.03 Å². The number of carbonyl (C=O) groups is 3. The van der Waals surface area contributed by atoms with E-state index in [1.54, 1.807) is 6.92 Å². The van der Waals surface area contributed by atoms with E-state index in [1.165, 1.54) is 0 Å². The Morgan fingerprint density at radius 1 is 0.966 bits per heavy atom. The molecule has 0 aromatic heterocycles. The van der Waals surface area contributed by atoms with Crippen LogP contribution in [0.2, 0.25) is 0 Å². The second kappa shape index (κ2) is 9.98. The number of rotatable bonds is 6. The topological polar surface area (TPSA) is 78.5 Å². The van der Waals surface area contributed by atoms with Crippen molar-refractivity contribution < 1.29 is 14.4 Å². The van der Waals surface area contributed by atoms with Gasteiger partial charge in [-0.1, -0.05) is 60.7 Å². The Balaban J connectivity index is 1.70. The number of hydrogen-bond donors (Lipinski definition) is 2. The molecule has 0 spiro atoms. The lowest BCUT2D eigenvalue weighted by atomic mass is 9.87. The Labute approximate surface area is 171 Å². The molecule has 0 saturated carbocycles. The average molecular weight is 393 g/mol. The Bertz CT molecular complexity index is 831. The average Bonchev–Trinajstić information content (AvgIpc) is 2.75. The number of nitrogens with zero attached hydrogens (tertiary/aromatic N) is 1. The summed E-state index contributed by atoms with van der Waals surface area (Å²) in [6.45, 7) is 3.48. The standard InChI is InChI=1S/C23H27N3O3/c1-2-24-23(29)25-22(28)20(17-9-5-3-6-10-17)26-15-13-19(14-16-26)21(27)18-11-7-4-8-12-18/h3-12,19-20H,2,13-16H2,1H3,(H2,24,25,28,29). The zero-order valence-corrected chi connectivity index (χ0v) is 16.6. The molecule has 0 bridgehead atoms. The first-order valence-corrected chi connectivity index (χ1v) is 10.1. The van der Waals surface area contributed by atoms with Gasteiger partial charge in [-0.25, -0.2) is 4.79 Å². The maximum atomic E-state index is 12.9. The summed E-state index contributed by atoms with van der Waals surface area (Å²) in [5, 5.41) is 5.03. The van der Waals surface area contributed by atoms with Crippen LogP contribution in [0, 0.1) is 5.92 Å². The third-order valence-corrected chi connectivity index (χ3v) is 5.26. The molecule has 1 heterocycles. The van der Waals surface area contributed by atoms with Gasteiger partial charge in [0, 0.05) is 18.0 Å². The first-order valence-electron chi connectivity index (χ1n) is 10.1. The van der Waals surface area contributed by atoms with Crippen molar-refractivity contribution in [2.45, 2.75) is 25.8 Å². The highest BCUT2D eigenvalue weighted by Crippen LogP contribution is 2.29. The molecule has 152 valence electrons. The van der Waals surface area contributed by atoms with E-state index >= 15 is 0 Å². The van der Waals surface area contributed by atoms with E-state index in [2.05, 4.69) is 15.5 Å². The van der Waals surface area contributed by atoms with Crippen LogP contribution in [0.25, 0.3) is 0 Å². The van der Waals surface area contributed by atoms with Gasteiger partial charge in [0.15, 0.2) is 5.78 Å². The molecule has 1 aliphatic rings. The van der Waals surface area contributed by atoms with Crippen molar-refractivity contribution in [2.24, 2.45) is 5.92 Å². The number of imide groups is 1. The molecule has 1 fully saturated rings. The van der Waals surface area contributed by atoms with E-state index in [9.17, 15) is 14.4 Å². The van der Waals surface area contributed by atoms with Crippen molar-refractivity contribution in [3.63, 3.8) is 0 Å². The highest BCUT2D eigenvalue weighted by molar-refractivity contribution is 5.98. The maximum absolute atomic E-state index is 12.9. The largest absolute Gasteiger partial charge is 0.338 e. The van der Waals surface area contributed by atoms with Crippen LogP contribution < -0.4 is 10.6 Å². The van der Waals surface area contributed by atoms with Gasteiger partial charge in [0.05, 0.1) is 0 Å². The predicted molar refractivity (Wildman–Crippen MR) is 111 cm³/mol. The number of amides is 3. The molecule has 1 aliphatic heterocycles. The molecule has 6 nitrogen and oxygen atoms in total. The third kappa shape index (κ3) is 5.29. The summed E-state index contributed by atoms with van der Waals surface area (Å²) in [5.41, 5.74) is 1.57. The molecular weight excluding hydrogens is 366 g/mol. The monoisotopic (exact) mass is 393 g/mol. The van der Waals surface area contributed by atoms with Gasteiger partial charge in [0.1, 0.15) is 6.04 Å². The predicted octanol–water partition coefficient (Wildman–Crippen LogP) is 3.17. The fourth-order valence-electron chi connectivity index (χ4n) is 3.81. The number of carbonyl (C=O) groups excluding carboxylic acids is 3. The van der Waals surface area contributed by atoms with Crippen molar-refractivity contribution in [3.05, 3.63) is 71.8 Å². The lowest BCUT2D eigenvalue weighted by molar-refractivity contribution is -0.126. The second-order valence-corrected chi connectivity index (χ2v) is 7.20. The number of hydrogen-bond acceptors (Lipinski definition) is 4. The molecule has 0 aliphatic carbocycles. The van der Waals surface area contributed by atoms with Crippen molar-refractivity contribution in [1.29, 1.82) is 0 Å². The number of benzene rings is 2. The molecule has 2 aromatic rings. The minimum absolute atomic E-state index is 0.0449. The van der Waals surface area contributed by atoms with Gasteiger partial charge in [-0.3, -0.25) is 19.8 Å². The van der Waals surface area contributed by atoms with Crippen LogP contribution in [-0.4, -0.2) is 42.3 Å². The maximum Gasteiger partial charge on any atom is 0.321 e. The lowest BCUT2D eigenvalue weighted by Gasteiger charge is -2.36. The molecule has 6 heteroatoms. The first-order chi connectivity index (χ1) is 14.1. The smallest absolute Gasteiger partial charge is 0.321 e. The molecule has 1 atom stereocenters. The van der Waals surface area contributed by atoms with Crippen LogP contribution >= 0.6 is 0 Å². The van der Waals surface area contributed by atoms with E-state index in [0.717, 1.165) is 11.1 Å². The number of nitrogens with one attached hydrogen (secondary N) is 2. The fraction of sp³-hybridized carbons (Fsp3) is 0.348. The summed E-state index contributed by atoms with van der Waals surface area (Å²) in [4.78, 5) is 39.5. The van der Waals surface area contributed by atoms with Crippen molar-refractivity contribution in [3.8, 4) is 0 Å². The minimum atomic E-state index is -0.563.